The molecule has 0 radical (unpaired) electrons. The quantitative estimate of drug-likeness (QED) is 0.381. The molecule has 0 unspecified atom stereocenters. The number of carbonyl (C=O) groups is 2. The van der Waals surface area contributed by atoms with E-state index in [1.54, 1.807) is 6.07 Å². The second-order valence-corrected chi connectivity index (χ2v) is 5.91. The van der Waals surface area contributed by atoms with Gasteiger partial charge in [-0.25, -0.2) is 4.79 Å². The summed E-state index contributed by atoms with van der Waals surface area (Å²) in [6, 6.07) is 15.0. The van der Waals surface area contributed by atoms with Crippen LogP contribution >= 0.6 is 22.6 Å². The lowest BCUT2D eigenvalue weighted by Gasteiger charge is -2.06. The molecule has 0 saturated carbocycles. The highest BCUT2D eigenvalue weighted by atomic mass is 127. The topological polar surface area (TPSA) is 102 Å². The molecule has 0 spiro atoms. The third-order valence-corrected chi connectivity index (χ3v) is 3.68. The summed E-state index contributed by atoms with van der Waals surface area (Å²) in [7, 11) is 0. The first-order chi connectivity index (χ1) is 11.5. The normalized spacial score (nSPS) is 10.6. The fourth-order valence-corrected chi connectivity index (χ4v) is 2.14. The minimum Gasteiger partial charge on any atom is -0.478 e. The molecule has 0 atom stereocenters. The van der Waals surface area contributed by atoms with Crippen LogP contribution in [0.2, 0.25) is 0 Å². The number of hydrogen-bond acceptors (Lipinski definition) is 4. The van der Waals surface area contributed by atoms with Gasteiger partial charge in [0.25, 0.3) is 5.91 Å². The van der Waals surface area contributed by atoms with Crippen molar-refractivity contribution in [2.24, 2.45) is 0 Å². The number of aromatic carboxylic acids is 1. The summed E-state index contributed by atoms with van der Waals surface area (Å²) >= 11 is 2.17. The fourth-order valence-electron chi connectivity index (χ4n) is 1.78. The van der Waals surface area contributed by atoms with Crippen LogP contribution in [-0.2, 0) is 4.79 Å². The van der Waals surface area contributed by atoms with Crippen LogP contribution in [0.5, 0.6) is 0 Å². The Bertz CT molecular complexity index is 839. The molecular weight excluding hydrogens is 421 g/mol. The molecule has 2 rings (SSSR count). The number of anilines is 2. The van der Waals surface area contributed by atoms with E-state index in [2.05, 4.69) is 33.2 Å². The number of amides is 1. The summed E-state index contributed by atoms with van der Waals surface area (Å²) in [5.41, 5.74) is 0.959. The monoisotopic (exact) mass is 433 g/mol. The van der Waals surface area contributed by atoms with E-state index in [1.165, 1.54) is 24.4 Å². The number of nitriles is 1. The van der Waals surface area contributed by atoms with E-state index in [-0.39, 0.29) is 11.1 Å². The highest BCUT2D eigenvalue weighted by molar-refractivity contribution is 14.1. The lowest BCUT2D eigenvalue weighted by atomic mass is 10.2. The lowest BCUT2D eigenvalue weighted by Crippen LogP contribution is -2.15. The Labute approximate surface area is 151 Å². The molecular formula is C17H12IN3O3. The van der Waals surface area contributed by atoms with Gasteiger partial charge in [-0.15, -0.1) is 0 Å². The molecule has 24 heavy (non-hydrogen) atoms. The van der Waals surface area contributed by atoms with Crippen LogP contribution in [0.25, 0.3) is 0 Å². The van der Waals surface area contributed by atoms with E-state index >= 15 is 0 Å². The summed E-state index contributed by atoms with van der Waals surface area (Å²) in [5.74, 6) is -1.72. The van der Waals surface area contributed by atoms with Crippen molar-refractivity contribution in [2.45, 2.75) is 0 Å². The number of nitrogens with zero attached hydrogens (tertiary/aromatic N) is 1. The summed E-state index contributed by atoms with van der Waals surface area (Å²) in [6.45, 7) is 0. The number of carboxylic acid groups (broad SMARTS) is 1. The molecule has 0 bridgehead atoms. The van der Waals surface area contributed by atoms with E-state index in [0.29, 0.717) is 5.69 Å². The van der Waals surface area contributed by atoms with Gasteiger partial charge in [0.2, 0.25) is 0 Å². The Morgan fingerprint density at radius 3 is 2.46 bits per heavy atom. The number of halogens is 1. The molecule has 0 aliphatic carbocycles. The zero-order valence-electron chi connectivity index (χ0n) is 12.3. The number of carboxylic acids is 1. The van der Waals surface area contributed by atoms with E-state index in [9.17, 15) is 9.59 Å². The molecule has 0 heterocycles. The molecule has 2 aromatic carbocycles. The van der Waals surface area contributed by atoms with Crippen LogP contribution in [0.3, 0.4) is 0 Å². The van der Waals surface area contributed by atoms with Crippen molar-refractivity contribution in [1.29, 1.82) is 5.26 Å². The van der Waals surface area contributed by atoms with Crippen molar-refractivity contribution in [3.8, 4) is 6.07 Å². The number of rotatable bonds is 5. The highest BCUT2D eigenvalue weighted by Crippen LogP contribution is 2.13. The van der Waals surface area contributed by atoms with E-state index < -0.39 is 11.9 Å². The van der Waals surface area contributed by atoms with Crippen molar-refractivity contribution in [2.75, 3.05) is 10.6 Å². The maximum atomic E-state index is 12.1. The number of hydrogen-bond donors (Lipinski definition) is 3. The molecule has 6 nitrogen and oxygen atoms in total. The predicted octanol–water partition coefficient (Wildman–Crippen LogP) is 3.45. The van der Waals surface area contributed by atoms with Gasteiger partial charge in [-0.3, -0.25) is 4.79 Å². The van der Waals surface area contributed by atoms with Crippen molar-refractivity contribution < 1.29 is 14.7 Å². The average molecular weight is 433 g/mol. The maximum absolute atomic E-state index is 12.1. The zero-order valence-corrected chi connectivity index (χ0v) is 14.4. The smallest absolute Gasteiger partial charge is 0.335 e. The van der Waals surface area contributed by atoms with Gasteiger partial charge in [-0.1, -0.05) is 6.07 Å². The molecule has 7 heteroatoms. The van der Waals surface area contributed by atoms with Crippen molar-refractivity contribution >= 4 is 45.8 Å². The summed E-state index contributed by atoms with van der Waals surface area (Å²) in [4.78, 5) is 23.0. The molecule has 1 amide bonds. The number of benzene rings is 2. The summed E-state index contributed by atoms with van der Waals surface area (Å²) in [5, 5.41) is 23.4. The predicted molar refractivity (Wildman–Crippen MR) is 98.5 cm³/mol. The Morgan fingerprint density at radius 2 is 1.83 bits per heavy atom. The molecule has 0 aromatic heterocycles. The Hall–Kier alpha value is -2.86. The first-order valence-corrected chi connectivity index (χ1v) is 7.84. The van der Waals surface area contributed by atoms with E-state index in [4.69, 9.17) is 10.4 Å². The van der Waals surface area contributed by atoms with E-state index in [0.717, 1.165) is 9.26 Å². The Balaban J connectivity index is 2.10. The van der Waals surface area contributed by atoms with Crippen LogP contribution in [0.15, 0.2) is 60.3 Å². The second kappa shape index (κ2) is 8.12. The number of carbonyl (C=O) groups excluding carboxylic acids is 1. The van der Waals surface area contributed by atoms with Gasteiger partial charge < -0.3 is 15.7 Å². The first-order valence-electron chi connectivity index (χ1n) is 6.76. The molecule has 0 aliphatic heterocycles. The third-order valence-electron chi connectivity index (χ3n) is 2.96. The van der Waals surface area contributed by atoms with Crippen LogP contribution in [0, 0.1) is 14.9 Å². The van der Waals surface area contributed by atoms with Crippen molar-refractivity contribution in [3.63, 3.8) is 0 Å². The largest absolute Gasteiger partial charge is 0.478 e. The van der Waals surface area contributed by atoms with Gasteiger partial charge in [0.15, 0.2) is 0 Å². The molecule has 0 aliphatic rings. The highest BCUT2D eigenvalue weighted by Gasteiger charge is 2.10. The summed E-state index contributed by atoms with van der Waals surface area (Å²) < 4.78 is 1.07. The second-order valence-electron chi connectivity index (χ2n) is 4.66. The zero-order chi connectivity index (χ0) is 17.5. The molecule has 120 valence electrons. The van der Waals surface area contributed by atoms with Crippen LogP contribution in [-0.4, -0.2) is 17.0 Å². The van der Waals surface area contributed by atoms with Crippen molar-refractivity contribution in [3.05, 3.63) is 69.4 Å². The summed E-state index contributed by atoms with van der Waals surface area (Å²) in [6.07, 6.45) is 1.30. The van der Waals surface area contributed by atoms with Crippen molar-refractivity contribution in [1.82, 2.24) is 0 Å². The maximum Gasteiger partial charge on any atom is 0.335 e. The minimum absolute atomic E-state index is 0.0484. The average Bonchev–Trinajstić information content (AvgIpc) is 2.57. The van der Waals surface area contributed by atoms with Gasteiger partial charge >= 0.3 is 5.97 Å². The Kier molecular flexibility index (Phi) is 5.92. The van der Waals surface area contributed by atoms with Gasteiger partial charge in [0.1, 0.15) is 11.6 Å². The third kappa shape index (κ3) is 4.82. The minimum atomic E-state index is -1.09. The molecule has 3 N–H and O–H groups in total. The first kappa shape index (κ1) is 17.5. The molecule has 0 fully saturated rings. The van der Waals surface area contributed by atoms with Crippen LogP contribution < -0.4 is 10.6 Å². The van der Waals surface area contributed by atoms with Crippen LogP contribution in [0.1, 0.15) is 10.4 Å². The number of nitrogens with one attached hydrogen (secondary N) is 2. The van der Waals surface area contributed by atoms with E-state index in [1.807, 2.05) is 30.3 Å². The van der Waals surface area contributed by atoms with Gasteiger partial charge in [0.05, 0.1) is 5.56 Å². The fraction of sp³-hybridized carbons (Fsp3) is 0. The lowest BCUT2D eigenvalue weighted by molar-refractivity contribution is -0.112. The van der Waals surface area contributed by atoms with Gasteiger partial charge in [0, 0.05) is 21.1 Å². The molecule has 2 aromatic rings. The van der Waals surface area contributed by atoms with Gasteiger partial charge in [-0.05, 0) is 65.1 Å². The van der Waals surface area contributed by atoms with Gasteiger partial charge in [-0.2, -0.15) is 5.26 Å². The Morgan fingerprint density at radius 1 is 1.12 bits per heavy atom. The standard InChI is InChI=1S/C17H12IN3O3/c18-13-4-6-14(7-5-13)20-10-12(9-19)16(22)21-15-3-1-2-11(8-15)17(23)24/h1-8,10,20H,(H,21,22)(H,23,24)/b12-10-. The molecule has 0 saturated heterocycles. The van der Waals surface area contributed by atoms with Crippen LogP contribution in [0.4, 0.5) is 11.4 Å². The SMILES string of the molecule is N#C/C(=C/Nc1ccc(I)cc1)C(=O)Nc1cccc(C(=O)O)c1.